The first kappa shape index (κ1) is 13.6. The van der Waals surface area contributed by atoms with Gasteiger partial charge in [-0.2, -0.15) is 5.10 Å². The lowest BCUT2D eigenvalue weighted by atomic mass is 10.1. The van der Waals surface area contributed by atoms with Gasteiger partial charge in [0, 0.05) is 31.9 Å². The Hall–Kier alpha value is -1.36. The van der Waals surface area contributed by atoms with E-state index in [2.05, 4.69) is 22.2 Å². The molecule has 1 N–H and O–H groups in total. The summed E-state index contributed by atoms with van der Waals surface area (Å²) in [6, 6.07) is 0.927. The maximum Gasteiger partial charge on any atom is 0.257 e. The maximum absolute atomic E-state index is 12.9. The Morgan fingerprint density at radius 2 is 2.30 bits per heavy atom. The van der Waals surface area contributed by atoms with Gasteiger partial charge in [0.1, 0.15) is 0 Å². The molecule has 1 saturated carbocycles. The van der Waals surface area contributed by atoms with Gasteiger partial charge in [0.2, 0.25) is 0 Å². The predicted octanol–water partition coefficient (Wildman–Crippen LogP) is 1.34. The van der Waals surface area contributed by atoms with Gasteiger partial charge < -0.3 is 10.2 Å². The summed E-state index contributed by atoms with van der Waals surface area (Å²) in [5.41, 5.74) is 1.71. The van der Waals surface area contributed by atoms with Gasteiger partial charge >= 0.3 is 0 Å². The predicted molar refractivity (Wildman–Crippen MR) is 77.7 cm³/mol. The van der Waals surface area contributed by atoms with Crippen molar-refractivity contribution in [1.82, 2.24) is 20.0 Å². The van der Waals surface area contributed by atoms with Crippen LogP contribution in [0.2, 0.25) is 0 Å². The molecule has 0 spiro atoms. The third-order valence-corrected chi connectivity index (χ3v) is 4.30. The molecule has 1 aliphatic heterocycles. The van der Waals surface area contributed by atoms with Crippen LogP contribution in [0.25, 0.3) is 0 Å². The second kappa shape index (κ2) is 5.56. The highest BCUT2D eigenvalue weighted by atomic mass is 16.2. The van der Waals surface area contributed by atoms with E-state index in [1.807, 2.05) is 13.2 Å². The minimum Gasteiger partial charge on any atom is -0.334 e. The largest absolute Gasteiger partial charge is 0.334 e. The number of hydrogen-bond acceptors (Lipinski definition) is 3. The van der Waals surface area contributed by atoms with E-state index in [1.165, 1.54) is 12.8 Å². The van der Waals surface area contributed by atoms with Gasteiger partial charge in [-0.25, -0.2) is 0 Å². The van der Waals surface area contributed by atoms with Crippen LogP contribution in [-0.2, 0) is 13.5 Å². The summed E-state index contributed by atoms with van der Waals surface area (Å²) in [7, 11) is 1.88. The van der Waals surface area contributed by atoms with Crippen molar-refractivity contribution in [2.24, 2.45) is 7.05 Å². The molecule has 1 aliphatic carbocycles. The lowest BCUT2D eigenvalue weighted by Crippen LogP contribution is -2.42. The fourth-order valence-electron chi connectivity index (χ4n) is 3.06. The smallest absolute Gasteiger partial charge is 0.257 e. The SMILES string of the molecule is CCc1nn(C)cc1C(=O)N(CC1CCCN1)C1CC1. The number of rotatable bonds is 5. The maximum atomic E-state index is 12.9. The molecule has 20 heavy (non-hydrogen) atoms. The van der Waals surface area contributed by atoms with Crippen LogP contribution in [-0.4, -0.2) is 45.8 Å². The lowest BCUT2D eigenvalue weighted by Gasteiger charge is -2.25. The average Bonchev–Trinajstić information content (AvgIpc) is 3.01. The second-order valence-electron chi connectivity index (χ2n) is 6.00. The number of carbonyl (C=O) groups excluding carboxylic acids is 1. The molecule has 1 saturated heterocycles. The summed E-state index contributed by atoms with van der Waals surface area (Å²) in [6.07, 6.45) is 7.40. The number of nitrogens with zero attached hydrogens (tertiary/aromatic N) is 3. The number of nitrogens with one attached hydrogen (secondary N) is 1. The molecule has 1 unspecified atom stereocenters. The zero-order valence-electron chi connectivity index (χ0n) is 12.4. The highest BCUT2D eigenvalue weighted by molar-refractivity contribution is 5.95. The van der Waals surface area contributed by atoms with E-state index in [0.717, 1.165) is 43.6 Å². The Kier molecular flexibility index (Phi) is 3.78. The molecule has 0 aromatic carbocycles. The van der Waals surface area contributed by atoms with Crippen LogP contribution in [0, 0.1) is 0 Å². The molecule has 2 heterocycles. The second-order valence-corrected chi connectivity index (χ2v) is 6.00. The first-order valence-electron chi connectivity index (χ1n) is 7.76. The highest BCUT2D eigenvalue weighted by Crippen LogP contribution is 2.29. The van der Waals surface area contributed by atoms with Crippen molar-refractivity contribution in [3.63, 3.8) is 0 Å². The zero-order chi connectivity index (χ0) is 14.1. The van der Waals surface area contributed by atoms with E-state index in [9.17, 15) is 4.79 Å². The minimum atomic E-state index is 0.172. The van der Waals surface area contributed by atoms with Gasteiger partial charge in [-0.15, -0.1) is 0 Å². The number of aryl methyl sites for hydroxylation is 2. The molecule has 0 bridgehead atoms. The molecule has 1 aromatic rings. The topological polar surface area (TPSA) is 50.2 Å². The zero-order valence-corrected chi connectivity index (χ0v) is 12.4. The molecule has 110 valence electrons. The Labute approximate surface area is 120 Å². The fraction of sp³-hybridized carbons (Fsp3) is 0.733. The van der Waals surface area contributed by atoms with Crippen molar-refractivity contribution in [2.75, 3.05) is 13.1 Å². The molecule has 0 radical (unpaired) electrons. The summed E-state index contributed by atoms with van der Waals surface area (Å²) >= 11 is 0. The summed E-state index contributed by atoms with van der Waals surface area (Å²) < 4.78 is 1.75. The number of carbonyl (C=O) groups is 1. The normalized spacial score (nSPS) is 22.2. The van der Waals surface area contributed by atoms with Crippen molar-refractivity contribution in [3.05, 3.63) is 17.5 Å². The first-order valence-corrected chi connectivity index (χ1v) is 7.76. The van der Waals surface area contributed by atoms with E-state index >= 15 is 0 Å². The average molecular weight is 276 g/mol. The lowest BCUT2D eigenvalue weighted by molar-refractivity contribution is 0.0727. The van der Waals surface area contributed by atoms with E-state index in [4.69, 9.17) is 0 Å². The van der Waals surface area contributed by atoms with Crippen LogP contribution in [0.5, 0.6) is 0 Å². The molecule has 2 aliphatic rings. The van der Waals surface area contributed by atoms with Crippen LogP contribution >= 0.6 is 0 Å². The van der Waals surface area contributed by atoms with Gasteiger partial charge in [0.15, 0.2) is 0 Å². The standard InChI is InChI=1S/C15H24N4O/c1-3-14-13(10-18(2)17-14)15(20)19(12-6-7-12)9-11-5-4-8-16-11/h10-12,16H,3-9H2,1-2H3. The van der Waals surface area contributed by atoms with Crippen LogP contribution < -0.4 is 5.32 Å². The number of hydrogen-bond donors (Lipinski definition) is 1. The molecule has 1 atom stereocenters. The number of amides is 1. The first-order chi connectivity index (χ1) is 9.69. The summed E-state index contributed by atoms with van der Waals surface area (Å²) in [5.74, 6) is 0.172. The van der Waals surface area contributed by atoms with E-state index in [1.54, 1.807) is 4.68 Å². The van der Waals surface area contributed by atoms with Gasteiger partial charge in [-0.05, 0) is 38.6 Å². The molecule has 1 amide bonds. The van der Waals surface area contributed by atoms with E-state index < -0.39 is 0 Å². The monoisotopic (exact) mass is 276 g/mol. The molecule has 2 fully saturated rings. The molecule has 5 nitrogen and oxygen atoms in total. The summed E-state index contributed by atoms with van der Waals surface area (Å²) in [5, 5.41) is 7.89. The van der Waals surface area contributed by atoms with Crippen molar-refractivity contribution in [2.45, 2.75) is 51.1 Å². The van der Waals surface area contributed by atoms with Crippen LogP contribution in [0.4, 0.5) is 0 Å². The van der Waals surface area contributed by atoms with E-state index in [-0.39, 0.29) is 5.91 Å². The quantitative estimate of drug-likeness (QED) is 0.883. The summed E-state index contributed by atoms with van der Waals surface area (Å²) in [6.45, 7) is 3.99. The van der Waals surface area contributed by atoms with Gasteiger partial charge in [-0.3, -0.25) is 9.48 Å². The molecular formula is C15H24N4O. The minimum absolute atomic E-state index is 0.172. The molecule has 5 heteroatoms. The Balaban J connectivity index is 1.77. The van der Waals surface area contributed by atoms with Crippen molar-refractivity contribution >= 4 is 5.91 Å². The van der Waals surface area contributed by atoms with Crippen LogP contribution in [0.15, 0.2) is 6.20 Å². The van der Waals surface area contributed by atoms with Crippen molar-refractivity contribution in [3.8, 4) is 0 Å². The Bertz CT molecular complexity index is 486. The van der Waals surface area contributed by atoms with E-state index in [0.29, 0.717) is 12.1 Å². The third kappa shape index (κ3) is 2.73. The summed E-state index contributed by atoms with van der Waals surface area (Å²) in [4.78, 5) is 14.9. The van der Waals surface area contributed by atoms with Crippen molar-refractivity contribution < 1.29 is 4.79 Å². The van der Waals surface area contributed by atoms with Crippen LogP contribution in [0.1, 0.15) is 48.7 Å². The molecule has 1 aromatic heterocycles. The number of aromatic nitrogens is 2. The van der Waals surface area contributed by atoms with Crippen LogP contribution in [0.3, 0.4) is 0 Å². The molecule has 3 rings (SSSR count). The Morgan fingerprint density at radius 1 is 1.50 bits per heavy atom. The van der Waals surface area contributed by atoms with Gasteiger partial charge in [0.25, 0.3) is 5.91 Å². The van der Waals surface area contributed by atoms with Gasteiger partial charge in [-0.1, -0.05) is 6.92 Å². The highest BCUT2D eigenvalue weighted by Gasteiger charge is 2.36. The van der Waals surface area contributed by atoms with Gasteiger partial charge in [0.05, 0.1) is 11.3 Å². The van der Waals surface area contributed by atoms with Crippen molar-refractivity contribution in [1.29, 1.82) is 0 Å². The molecular weight excluding hydrogens is 252 g/mol. The Morgan fingerprint density at radius 3 is 2.90 bits per heavy atom. The third-order valence-electron chi connectivity index (χ3n) is 4.30. The fourth-order valence-corrected chi connectivity index (χ4v) is 3.06.